The van der Waals surface area contributed by atoms with Gasteiger partial charge in [0.1, 0.15) is 5.69 Å². The SMILES string of the molecule is Cc1ncsc1CCCNC(=O)c1csc2nc(-c3ccc(Cl)cc3)cn12. The van der Waals surface area contributed by atoms with E-state index in [0.29, 0.717) is 17.3 Å². The molecular weight excluding hydrogens is 400 g/mol. The second kappa shape index (κ2) is 7.80. The van der Waals surface area contributed by atoms with Crippen molar-refractivity contribution in [1.82, 2.24) is 19.7 Å². The minimum atomic E-state index is -0.0812. The van der Waals surface area contributed by atoms with E-state index in [9.17, 15) is 4.79 Å². The molecule has 0 radical (unpaired) electrons. The number of imidazole rings is 1. The van der Waals surface area contributed by atoms with Crippen molar-refractivity contribution >= 4 is 45.1 Å². The van der Waals surface area contributed by atoms with E-state index in [4.69, 9.17) is 11.6 Å². The standard InChI is InChI=1S/C19H17ClN4OS2/c1-12-17(27-11-22-12)3-2-8-21-18(25)16-10-26-19-23-15(9-24(16)19)13-4-6-14(20)7-5-13/h4-7,9-11H,2-3,8H2,1H3,(H,21,25). The molecule has 27 heavy (non-hydrogen) atoms. The third-order valence-electron chi connectivity index (χ3n) is 4.29. The molecule has 138 valence electrons. The molecule has 3 heterocycles. The summed E-state index contributed by atoms with van der Waals surface area (Å²) in [5.74, 6) is -0.0812. The van der Waals surface area contributed by atoms with E-state index in [-0.39, 0.29) is 5.91 Å². The van der Waals surface area contributed by atoms with Crippen LogP contribution in [0.2, 0.25) is 5.02 Å². The number of halogens is 1. The lowest BCUT2D eigenvalue weighted by Gasteiger charge is -2.04. The Labute approximate surface area is 169 Å². The predicted molar refractivity (Wildman–Crippen MR) is 111 cm³/mol. The van der Waals surface area contributed by atoms with E-state index in [2.05, 4.69) is 15.3 Å². The highest BCUT2D eigenvalue weighted by molar-refractivity contribution is 7.15. The van der Waals surface area contributed by atoms with Crippen molar-refractivity contribution < 1.29 is 4.79 Å². The highest BCUT2D eigenvalue weighted by atomic mass is 35.5. The number of rotatable bonds is 6. The predicted octanol–water partition coefficient (Wildman–Crippen LogP) is 4.84. The summed E-state index contributed by atoms with van der Waals surface area (Å²) in [4.78, 5) is 23.5. The molecule has 0 atom stereocenters. The lowest BCUT2D eigenvalue weighted by atomic mass is 10.2. The normalized spacial score (nSPS) is 11.2. The van der Waals surface area contributed by atoms with Gasteiger partial charge in [-0.25, -0.2) is 9.97 Å². The van der Waals surface area contributed by atoms with E-state index in [1.165, 1.54) is 16.2 Å². The number of thiazole rings is 2. The Kier molecular flexibility index (Phi) is 5.24. The van der Waals surface area contributed by atoms with Crippen LogP contribution in [0.25, 0.3) is 16.2 Å². The molecule has 0 spiro atoms. The number of hydrogen-bond donors (Lipinski definition) is 1. The minimum Gasteiger partial charge on any atom is -0.351 e. The molecule has 0 aliphatic carbocycles. The molecule has 1 amide bonds. The van der Waals surface area contributed by atoms with E-state index < -0.39 is 0 Å². The van der Waals surface area contributed by atoms with Gasteiger partial charge in [0.25, 0.3) is 5.91 Å². The summed E-state index contributed by atoms with van der Waals surface area (Å²) in [6.45, 7) is 2.65. The first kappa shape index (κ1) is 18.2. The van der Waals surface area contributed by atoms with Crippen molar-refractivity contribution in [3.05, 3.63) is 62.6 Å². The van der Waals surface area contributed by atoms with Gasteiger partial charge in [0.15, 0.2) is 4.96 Å². The Morgan fingerprint density at radius 3 is 2.81 bits per heavy atom. The average Bonchev–Trinajstić information content (AvgIpc) is 3.35. The third kappa shape index (κ3) is 3.90. The van der Waals surface area contributed by atoms with Crippen molar-refractivity contribution in [3.63, 3.8) is 0 Å². The number of fused-ring (bicyclic) bond motifs is 1. The number of carbonyl (C=O) groups excluding carboxylic acids is 1. The minimum absolute atomic E-state index is 0.0812. The topological polar surface area (TPSA) is 59.3 Å². The Balaban J connectivity index is 1.42. The molecule has 1 aromatic carbocycles. The van der Waals surface area contributed by atoms with Gasteiger partial charge in [-0.05, 0) is 31.9 Å². The quantitative estimate of drug-likeness (QED) is 0.457. The average molecular weight is 417 g/mol. The summed E-state index contributed by atoms with van der Waals surface area (Å²) >= 11 is 9.07. The summed E-state index contributed by atoms with van der Waals surface area (Å²) in [5, 5.41) is 5.53. The number of benzene rings is 1. The largest absolute Gasteiger partial charge is 0.351 e. The molecule has 3 aromatic heterocycles. The molecule has 1 N–H and O–H groups in total. The number of nitrogens with one attached hydrogen (secondary N) is 1. The van der Waals surface area contributed by atoms with Crippen molar-refractivity contribution in [3.8, 4) is 11.3 Å². The molecule has 4 aromatic rings. The van der Waals surface area contributed by atoms with E-state index >= 15 is 0 Å². The van der Waals surface area contributed by atoms with Gasteiger partial charge in [0.2, 0.25) is 0 Å². The fourth-order valence-corrected chi connectivity index (χ4v) is 4.62. The van der Waals surface area contributed by atoms with Crippen LogP contribution in [0.4, 0.5) is 0 Å². The van der Waals surface area contributed by atoms with Crippen LogP contribution in [0.15, 0.2) is 41.4 Å². The van der Waals surface area contributed by atoms with Crippen molar-refractivity contribution in [2.45, 2.75) is 19.8 Å². The van der Waals surface area contributed by atoms with Crippen LogP contribution in [0, 0.1) is 6.92 Å². The number of aromatic nitrogens is 3. The van der Waals surface area contributed by atoms with Crippen LogP contribution in [-0.2, 0) is 6.42 Å². The number of hydrogen-bond acceptors (Lipinski definition) is 5. The van der Waals surface area contributed by atoms with Gasteiger partial charge < -0.3 is 5.32 Å². The zero-order chi connectivity index (χ0) is 18.8. The molecule has 0 unspecified atom stereocenters. The van der Waals surface area contributed by atoms with Crippen molar-refractivity contribution in [1.29, 1.82) is 0 Å². The molecular formula is C19H17ClN4OS2. The van der Waals surface area contributed by atoms with Gasteiger partial charge in [-0.2, -0.15) is 0 Å². The van der Waals surface area contributed by atoms with E-state index in [1.54, 1.807) is 11.3 Å². The molecule has 0 aliphatic rings. The van der Waals surface area contributed by atoms with Gasteiger partial charge in [-0.3, -0.25) is 9.20 Å². The van der Waals surface area contributed by atoms with Crippen LogP contribution >= 0.6 is 34.3 Å². The van der Waals surface area contributed by atoms with Gasteiger partial charge in [0.05, 0.1) is 16.9 Å². The fourth-order valence-electron chi connectivity index (χ4n) is 2.81. The van der Waals surface area contributed by atoms with Crippen molar-refractivity contribution in [2.75, 3.05) is 6.54 Å². The van der Waals surface area contributed by atoms with Crippen LogP contribution in [0.1, 0.15) is 27.5 Å². The number of aryl methyl sites for hydroxylation is 2. The first-order valence-electron chi connectivity index (χ1n) is 8.51. The van der Waals surface area contributed by atoms with Crippen LogP contribution < -0.4 is 5.32 Å². The summed E-state index contributed by atoms with van der Waals surface area (Å²) in [5.41, 5.74) is 5.35. The van der Waals surface area contributed by atoms with Crippen LogP contribution in [0.5, 0.6) is 0 Å². The lowest BCUT2D eigenvalue weighted by Crippen LogP contribution is -2.25. The number of amides is 1. The molecule has 0 aliphatic heterocycles. The maximum Gasteiger partial charge on any atom is 0.269 e. The molecule has 8 heteroatoms. The monoisotopic (exact) mass is 416 g/mol. The summed E-state index contributed by atoms with van der Waals surface area (Å²) in [6, 6.07) is 7.53. The zero-order valence-corrected chi connectivity index (χ0v) is 17.0. The fraction of sp³-hybridized carbons (Fsp3) is 0.211. The van der Waals surface area contributed by atoms with Crippen molar-refractivity contribution in [2.24, 2.45) is 0 Å². The second-order valence-electron chi connectivity index (χ2n) is 6.13. The molecule has 0 saturated heterocycles. The molecule has 0 saturated carbocycles. The van der Waals surface area contributed by atoms with Gasteiger partial charge in [-0.15, -0.1) is 22.7 Å². The summed E-state index contributed by atoms with van der Waals surface area (Å²) in [6.07, 6.45) is 3.72. The molecule has 0 bridgehead atoms. The summed E-state index contributed by atoms with van der Waals surface area (Å²) < 4.78 is 1.84. The lowest BCUT2D eigenvalue weighted by molar-refractivity contribution is 0.0947. The second-order valence-corrected chi connectivity index (χ2v) is 8.34. The highest BCUT2D eigenvalue weighted by Crippen LogP contribution is 2.25. The summed E-state index contributed by atoms with van der Waals surface area (Å²) in [7, 11) is 0. The maximum atomic E-state index is 12.6. The first-order chi connectivity index (χ1) is 13.1. The smallest absolute Gasteiger partial charge is 0.269 e. The zero-order valence-electron chi connectivity index (χ0n) is 14.6. The third-order valence-corrected chi connectivity index (χ3v) is 6.38. The Morgan fingerprint density at radius 1 is 1.26 bits per heavy atom. The molecule has 5 nitrogen and oxygen atoms in total. The van der Waals surface area contributed by atoms with Gasteiger partial charge in [-0.1, -0.05) is 23.7 Å². The first-order valence-corrected chi connectivity index (χ1v) is 10.7. The van der Waals surface area contributed by atoms with Crippen LogP contribution in [-0.4, -0.2) is 26.8 Å². The maximum absolute atomic E-state index is 12.6. The number of nitrogens with zero attached hydrogens (tertiary/aromatic N) is 3. The Bertz CT molecular complexity index is 1080. The molecule has 4 rings (SSSR count). The van der Waals surface area contributed by atoms with Gasteiger partial charge in [0, 0.05) is 33.6 Å². The number of carbonyl (C=O) groups is 1. The Morgan fingerprint density at radius 2 is 2.07 bits per heavy atom. The molecule has 0 fully saturated rings. The van der Waals surface area contributed by atoms with E-state index in [1.807, 2.05) is 52.7 Å². The Hall–Kier alpha value is -2.22. The van der Waals surface area contributed by atoms with Gasteiger partial charge >= 0.3 is 0 Å². The van der Waals surface area contributed by atoms with E-state index in [0.717, 1.165) is 34.8 Å². The van der Waals surface area contributed by atoms with Crippen LogP contribution in [0.3, 0.4) is 0 Å². The highest BCUT2D eigenvalue weighted by Gasteiger charge is 2.15.